The molecule has 3 atom stereocenters. The van der Waals surface area contributed by atoms with Gasteiger partial charge in [-0.05, 0) is 61.1 Å². The van der Waals surface area contributed by atoms with Gasteiger partial charge in [-0.15, -0.1) is 0 Å². The van der Waals surface area contributed by atoms with Crippen molar-refractivity contribution in [1.29, 1.82) is 0 Å². The van der Waals surface area contributed by atoms with Crippen LogP contribution in [0.25, 0.3) is 0 Å². The van der Waals surface area contributed by atoms with E-state index < -0.39 is 0 Å². The summed E-state index contributed by atoms with van der Waals surface area (Å²) in [7, 11) is 0. The number of rotatable bonds is 4. The van der Waals surface area contributed by atoms with Crippen molar-refractivity contribution in [1.82, 2.24) is 5.32 Å². The Labute approximate surface area is 128 Å². The number of benzene rings is 1. The highest BCUT2D eigenvalue weighted by Crippen LogP contribution is 2.45. The maximum atomic E-state index is 11.8. The second-order valence-corrected chi connectivity index (χ2v) is 6.09. The molecule has 4 rings (SSSR count). The van der Waals surface area contributed by atoms with Crippen LogP contribution in [0.2, 0.25) is 0 Å². The lowest BCUT2D eigenvalue weighted by Gasteiger charge is -2.24. The molecule has 1 saturated heterocycles. The van der Waals surface area contributed by atoms with E-state index in [1.165, 1.54) is 6.42 Å². The molecule has 0 spiro atoms. The fourth-order valence-electron chi connectivity index (χ4n) is 3.79. The van der Waals surface area contributed by atoms with E-state index in [2.05, 4.69) is 5.32 Å². The first-order valence-corrected chi connectivity index (χ1v) is 7.59. The number of primary amides is 1. The minimum absolute atomic E-state index is 0.369. The molecule has 0 radical (unpaired) electrons. The third-order valence-corrected chi connectivity index (χ3v) is 4.76. The van der Waals surface area contributed by atoms with Gasteiger partial charge < -0.3 is 20.2 Å². The predicted molar refractivity (Wildman–Crippen MR) is 81.0 cm³/mol. The van der Waals surface area contributed by atoms with Gasteiger partial charge in [0.2, 0.25) is 5.91 Å². The molecule has 1 aromatic heterocycles. The Balaban J connectivity index is 1.69. The lowest BCUT2D eigenvalue weighted by Crippen LogP contribution is -2.29. The summed E-state index contributed by atoms with van der Waals surface area (Å²) in [5.41, 5.74) is 7.16. The van der Waals surface area contributed by atoms with Gasteiger partial charge in [-0.2, -0.15) is 0 Å². The maximum Gasteiger partial charge on any atom is 0.289 e. The highest BCUT2D eigenvalue weighted by molar-refractivity contribution is 5.94. The topological polar surface area (TPSA) is 77.5 Å². The second kappa shape index (κ2) is 5.18. The normalized spacial score (nSPS) is 26.3. The molecule has 1 aliphatic heterocycles. The number of carbonyl (C=O) groups excluding carboxylic acids is 1. The van der Waals surface area contributed by atoms with Gasteiger partial charge in [0, 0.05) is 17.7 Å². The van der Waals surface area contributed by atoms with Gasteiger partial charge in [0.05, 0.1) is 6.26 Å². The zero-order valence-corrected chi connectivity index (χ0v) is 12.1. The summed E-state index contributed by atoms with van der Waals surface area (Å²) in [4.78, 5) is 11.8. The zero-order chi connectivity index (χ0) is 15.1. The lowest BCUT2D eigenvalue weighted by molar-refractivity contribution is 0.0998. The van der Waals surface area contributed by atoms with E-state index in [1.807, 2.05) is 6.07 Å². The summed E-state index contributed by atoms with van der Waals surface area (Å²) < 4.78 is 10.9. The lowest BCUT2D eigenvalue weighted by atomic mass is 9.85. The first-order valence-electron chi connectivity index (χ1n) is 7.59. The van der Waals surface area contributed by atoms with E-state index in [0.29, 0.717) is 35.1 Å². The summed E-state index contributed by atoms with van der Waals surface area (Å²) >= 11 is 0. The highest BCUT2D eigenvalue weighted by Gasteiger charge is 2.41. The number of nitrogens with one attached hydrogen (secondary N) is 1. The number of carbonyl (C=O) groups is 1. The molecule has 2 fully saturated rings. The van der Waals surface area contributed by atoms with Crippen molar-refractivity contribution in [3.05, 3.63) is 47.7 Å². The molecule has 1 aromatic carbocycles. The Kier molecular flexibility index (Phi) is 3.15. The summed E-state index contributed by atoms with van der Waals surface area (Å²) in [5.74, 6) is 1.67. The molecule has 5 heteroatoms. The Morgan fingerprint density at radius 3 is 2.86 bits per heavy atom. The quantitative estimate of drug-likeness (QED) is 0.909. The van der Waals surface area contributed by atoms with Crippen LogP contribution < -0.4 is 15.8 Å². The fourth-order valence-corrected chi connectivity index (χ4v) is 3.79. The van der Waals surface area contributed by atoms with E-state index in [4.69, 9.17) is 14.9 Å². The molecule has 2 heterocycles. The van der Waals surface area contributed by atoms with Crippen LogP contribution in [0.4, 0.5) is 0 Å². The third-order valence-electron chi connectivity index (χ3n) is 4.76. The van der Waals surface area contributed by atoms with Gasteiger partial charge in [-0.25, -0.2) is 0 Å². The zero-order valence-electron chi connectivity index (χ0n) is 12.1. The van der Waals surface area contributed by atoms with Gasteiger partial charge in [0.15, 0.2) is 0 Å². The van der Waals surface area contributed by atoms with Crippen LogP contribution in [0.5, 0.6) is 11.7 Å². The van der Waals surface area contributed by atoms with Crippen LogP contribution in [-0.2, 0) is 0 Å². The van der Waals surface area contributed by atoms with Crippen molar-refractivity contribution < 1.29 is 13.9 Å². The van der Waals surface area contributed by atoms with Crippen LogP contribution >= 0.6 is 0 Å². The SMILES string of the molecule is NC(=O)c1ccc(Oc2ccco2)cc1C1CC2CC1CN2. The van der Waals surface area contributed by atoms with E-state index >= 15 is 0 Å². The van der Waals surface area contributed by atoms with E-state index in [-0.39, 0.29) is 5.91 Å². The van der Waals surface area contributed by atoms with E-state index in [0.717, 1.165) is 18.5 Å². The van der Waals surface area contributed by atoms with E-state index in [1.54, 1.807) is 30.5 Å². The first-order chi connectivity index (χ1) is 10.7. The summed E-state index contributed by atoms with van der Waals surface area (Å²) in [6.07, 6.45) is 3.79. The average molecular weight is 298 g/mol. The number of fused-ring (bicyclic) bond motifs is 2. The molecule has 3 unspecified atom stereocenters. The van der Waals surface area contributed by atoms with Gasteiger partial charge in [-0.3, -0.25) is 4.79 Å². The first kappa shape index (κ1) is 13.4. The number of furan rings is 1. The van der Waals surface area contributed by atoms with Crippen LogP contribution in [0.15, 0.2) is 41.0 Å². The predicted octanol–water partition coefficient (Wildman–Crippen LogP) is 2.64. The molecule has 2 aromatic rings. The minimum atomic E-state index is -0.379. The molecule has 1 amide bonds. The fraction of sp³-hybridized carbons (Fsp3) is 0.353. The number of nitrogens with two attached hydrogens (primary N) is 1. The molecule has 3 N–H and O–H groups in total. The van der Waals surface area contributed by atoms with Crippen LogP contribution in [0.1, 0.15) is 34.7 Å². The third kappa shape index (κ3) is 2.27. The number of ether oxygens (including phenoxy) is 1. The molecule has 114 valence electrons. The summed E-state index contributed by atoms with van der Waals surface area (Å²) in [6.45, 7) is 1.01. The molecule has 1 aliphatic carbocycles. The standard InChI is InChI=1S/C17H18N2O3/c18-17(20)13-4-3-12(22-16-2-1-5-21-16)8-15(13)14-7-11-6-10(14)9-19-11/h1-5,8,10-11,14,19H,6-7,9H2,(H2,18,20). The molecular weight excluding hydrogens is 280 g/mol. The van der Waals surface area contributed by atoms with Crippen molar-refractivity contribution >= 4 is 5.91 Å². The van der Waals surface area contributed by atoms with Gasteiger partial charge in [0.25, 0.3) is 5.95 Å². The number of hydrogen-bond acceptors (Lipinski definition) is 4. The Morgan fingerprint density at radius 1 is 1.32 bits per heavy atom. The monoisotopic (exact) mass is 298 g/mol. The smallest absolute Gasteiger partial charge is 0.289 e. The highest BCUT2D eigenvalue weighted by atomic mass is 16.6. The molecule has 2 bridgehead atoms. The van der Waals surface area contributed by atoms with Gasteiger partial charge >= 0.3 is 0 Å². The Morgan fingerprint density at radius 2 is 2.23 bits per heavy atom. The average Bonchev–Trinajstić information content (AvgIpc) is 3.24. The van der Waals surface area contributed by atoms with Crippen LogP contribution in [-0.4, -0.2) is 18.5 Å². The second-order valence-electron chi connectivity index (χ2n) is 6.09. The molecular formula is C17H18N2O3. The summed E-state index contributed by atoms with van der Waals surface area (Å²) in [6, 6.07) is 9.55. The van der Waals surface area contributed by atoms with Crippen molar-refractivity contribution in [2.24, 2.45) is 11.7 Å². The minimum Gasteiger partial charge on any atom is -0.434 e. The number of hydrogen-bond donors (Lipinski definition) is 2. The molecule has 22 heavy (non-hydrogen) atoms. The molecule has 5 nitrogen and oxygen atoms in total. The summed E-state index contributed by atoms with van der Waals surface area (Å²) in [5, 5.41) is 3.49. The van der Waals surface area contributed by atoms with E-state index in [9.17, 15) is 4.79 Å². The van der Waals surface area contributed by atoms with Gasteiger partial charge in [0.1, 0.15) is 5.75 Å². The Bertz CT molecular complexity index is 696. The maximum absolute atomic E-state index is 11.8. The Hall–Kier alpha value is -2.27. The van der Waals surface area contributed by atoms with Crippen molar-refractivity contribution in [3.8, 4) is 11.7 Å². The largest absolute Gasteiger partial charge is 0.434 e. The van der Waals surface area contributed by atoms with Crippen molar-refractivity contribution in [2.45, 2.75) is 24.8 Å². The van der Waals surface area contributed by atoms with Crippen LogP contribution in [0, 0.1) is 5.92 Å². The van der Waals surface area contributed by atoms with Crippen molar-refractivity contribution in [2.75, 3.05) is 6.54 Å². The number of piperidine rings is 1. The molecule has 2 aliphatic rings. The van der Waals surface area contributed by atoms with Crippen molar-refractivity contribution in [3.63, 3.8) is 0 Å². The number of amides is 1. The van der Waals surface area contributed by atoms with Crippen LogP contribution in [0.3, 0.4) is 0 Å². The molecule has 1 saturated carbocycles. The van der Waals surface area contributed by atoms with Gasteiger partial charge in [-0.1, -0.05) is 0 Å².